The molecule has 1 aliphatic heterocycles. The number of ether oxygens (including phenoxy) is 2. The van der Waals surface area contributed by atoms with Crippen LogP contribution in [0, 0.1) is 5.82 Å². The number of hydrogen-bond donors (Lipinski definition) is 2. The van der Waals surface area contributed by atoms with Gasteiger partial charge in [0.2, 0.25) is 0 Å². The van der Waals surface area contributed by atoms with Gasteiger partial charge in [-0.15, -0.1) is 11.3 Å². The van der Waals surface area contributed by atoms with Gasteiger partial charge in [-0.3, -0.25) is 4.90 Å². The van der Waals surface area contributed by atoms with Crippen molar-refractivity contribution in [3.8, 4) is 5.75 Å². The topological polar surface area (TPSA) is 71.0 Å². The minimum atomic E-state index is -1.01. The lowest BCUT2D eigenvalue weighted by atomic mass is 9.94. The Bertz CT molecular complexity index is 974. The standard InChI is InChI=1S/C22H25FN2O4S/c1-13-21(15-9-10-30-20(15)12-25(13)22(26)27)24-16-8-7-14(23)11-19(16)29-18-6-4-3-5-17(18)28-2/h7-11,17-18,24H,3-6,12H2,1-2H3,(H,26,27)/t17-,18-/m0/s1. The summed E-state index contributed by atoms with van der Waals surface area (Å²) in [6.45, 7) is 2.09. The predicted molar refractivity (Wildman–Crippen MR) is 114 cm³/mol. The molecular weight excluding hydrogens is 407 g/mol. The molecule has 2 heterocycles. The van der Waals surface area contributed by atoms with Gasteiger partial charge in [-0.1, -0.05) is 6.42 Å². The second-order valence-corrected chi connectivity index (χ2v) is 8.57. The van der Waals surface area contributed by atoms with Crippen LogP contribution in [0.15, 0.2) is 35.3 Å². The lowest BCUT2D eigenvalue weighted by molar-refractivity contribution is -0.0227. The monoisotopic (exact) mass is 432 g/mol. The van der Waals surface area contributed by atoms with E-state index in [2.05, 4.69) is 5.32 Å². The third-order valence-electron chi connectivity index (χ3n) is 5.74. The summed E-state index contributed by atoms with van der Waals surface area (Å²) in [6, 6.07) is 6.33. The maximum atomic E-state index is 14.1. The minimum absolute atomic E-state index is 0.0310. The molecule has 0 radical (unpaired) electrons. The van der Waals surface area contributed by atoms with E-state index in [1.165, 1.54) is 28.4 Å². The molecule has 4 rings (SSSR count). The van der Waals surface area contributed by atoms with Crippen molar-refractivity contribution in [1.82, 2.24) is 4.90 Å². The van der Waals surface area contributed by atoms with E-state index in [0.29, 0.717) is 29.4 Å². The van der Waals surface area contributed by atoms with Crippen molar-refractivity contribution < 1.29 is 23.8 Å². The number of benzene rings is 1. The van der Waals surface area contributed by atoms with Crippen LogP contribution in [0.25, 0.3) is 5.70 Å². The molecule has 0 spiro atoms. The van der Waals surface area contributed by atoms with Crippen LogP contribution in [0.2, 0.25) is 0 Å². The number of nitrogens with one attached hydrogen (secondary N) is 1. The first kappa shape index (κ1) is 20.7. The zero-order valence-electron chi connectivity index (χ0n) is 17.0. The number of thiophene rings is 1. The summed E-state index contributed by atoms with van der Waals surface area (Å²) >= 11 is 1.51. The van der Waals surface area contributed by atoms with Crippen LogP contribution in [-0.4, -0.2) is 35.4 Å². The van der Waals surface area contributed by atoms with Crippen molar-refractivity contribution in [1.29, 1.82) is 0 Å². The lowest BCUT2D eigenvalue weighted by Gasteiger charge is -2.32. The fraction of sp³-hybridized carbons (Fsp3) is 0.409. The number of allylic oxidation sites excluding steroid dienone is 1. The Hall–Kier alpha value is -2.58. The molecule has 1 amide bonds. The van der Waals surface area contributed by atoms with E-state index in [1.807, 2.05) is 11.4 Å². The second-order valence-electron chi connectivity index (χ2n) is 7.57. The molecule has 160 valence electrons. The molecule has 6 nitrogen and oxygen atoms in total. The van der Waals surface area contributed by atoms with Crippen LogP contribution < -0.4 is 10.1 Å². The SMILES string of the molecule is CO[C@H]1CCCC[C@@H]1Oc1cc(F)ccc1NC1=C(C)N(C(=O)O)Cc2sccc21. The number of carboxylic acid groups (broad SMARTS) is 1. The van der Waals surface area contributed by atoms with Gasteiger partial charge in [-0.05, 0) is 49.8 Å². The van der Waals surface area contributed by atoms with Crippen LogP contribution in [0.5, 0.6) is 5.75 Å². The Morgan fingerprint density at radius 2 is 2.03 bits per heavy atom. The largest absolute Gasteiger partial charge is 0.485 e. The first-order valence-corrected chi connectivity index (χ1v) is 10.9. The Labute approximate surface area is 178 Å². The number of fused-ring (bicyclic) bond motifs is 1. The molecule has 2 aromatic rings. The summed E-state index contributed by atoms with van der Waals surface area (Å²) < 4.78 is 25.8. The molecule has 2 N–H and O–H groups in total. The molecule has 2 atom stereocenters. The number of nitrogens with zero attached hydrogens (tertiary/aromatic N) is 1. The Balaban J connectivity index is 1.67. The zero-order chi connectivity index (χ0) is 21.3. The minimum Gasteiger partial charge on any atom is -0.485 e. The van der Waals surface area contributed by atoms with Gasteiger partial charge in [0.1, 0.15) is 17.7 Å². The summed E-state index contributed by atoms with van der Waals surface area (Å²) in [5.41, 5.74) is 2.83. The molecule has 1 aliphatic carbocycles. The highest BCUT2D eigenvalue weighted by Crippen LogP contribution is 2.38. The molecule has 8 heteroatoms. The fourth-order valence-corrected chi connectivity index (χ4v) is 4.98. The molecule has 0 bridgehead atoms. The lowest BCUT2D eigenvalue weighted by Crippen LogP contribution is -2.36. The van der Waals surface area contributed by atoms with Gasteiger partial charge in [0.05, 0.1) is 24.0 Å². The van der Waals surface area contributed by atoms with E-state index in [0.717, 1.165) is 36.1 Å². The highest BCUT2D eigenvalue weighted by Gasteiger charge is 2.30. The van der Waals surface area contributed by atoms with E-state index in [4.69, 9.17) is 9.47 Å². The smallest absolute Gasteiger partial charge is 0.411 e. The molecule has 30 heavy (non-hydrogen) atoms. The molecule has 0 unspecified atom stereocenters. The summed E-state index contributed by atoms with van der Waals surface area (Å²) in [6.07, 6.45) is 2.69. The number of amides is 1. The van der Waals surface area contributed by atoms with Crippen LogP contribution in [0.1, 0.15) is 43.0 Å². The van der Waals surface area contributed by atoms with Gasteiger partial charge in [0.15, 0.2) is 0 Å². The molecule has 0 saturated heterocycles. The van der Waals surface area contributed by atoms with Crippen molar-refractivity contribution in [3.63, 3.8) is 0 Å². The normalized spacial score (nSPS) is 21.4. The average Bonchev–Trinajstić information content (AvgIpc) is 3.20. The Morgan fingerprint density at radius 1 is 1.27 bits per heavy atom. The molecule has 1 fully saturated rings. The van der Waals surface area contributed by atoms with Gasteiger partial charge in [-0.25, -0.2) is 9.18 Å². The number of rotatable bonds is 5. The maximum absolute atomic E-state index is 14.1. The van der Waals surface area contributed by atoms with Crippen molar-refractivity contribution in [2.45, 2.75) is 51.4 Å². The summed E-state index contributed by atoms with van der Waals surface area (Å²) in [7, 11) is 1.67. The van der Waals surface area contributed by atoms with Crippen molar-refractivity contribution in [3.05, 3.63) is 51.6 Å². The van der Waals surface area contributed by atoms with Gasteiger partial charge >= 0.3 is 6.09 Å². The van der Waals surface area contributed by atoms with Crippen LogP contribution in [0.4, 0.5) is 14.9 Å². The van der Waals surface area contributed by atoms with Crippen LogP contribution in [0.3, 0.4) is 0 Å². The van der Waals surface area contributed by atoms with Crippen molar-refractivity contribution in [2.24, 2.45) is 0 Å². The number of halogens is 1. The first-order valence-electron chi connectivity index (χ1n) is 10.0. The summed E-state index contributed by atoms with van der Waals surface area (Å²) in [5, 5.41) is 14.9. The van der Waals surface area contributed by atoms with Crippen LogP contribution >= 0.6 is 11.3 Å². The Morgan fingerprint density at radius 3 is 2.77 bits per heavy atom. The van der Waals surface area contributed by atoms with Crippen molar-refractivity contribution in [2.75, 3.05) is 12.4 Å². The molecular formula is C22H25FN2O4S. The quantitative estimate of drug-likeness (QED) is 0.651. The van der Waals surface area contributed by atoms with Gasteiger partial charge < -0.3 is 19.9 Å². The summed E-state index contributed by atoms with van der Waals surface area (Å²) in [4.78, 5) is 14.0. The van der Waals surface area contributed by atoms with E-state index < -0.39 is 11.9 Å². The molecule has 2 aliphatic rings. The Kier molecular flexibility index (Phi) is 5.97. The number of methoxy groups -OCH3 is 1. The fourth-order valence-electron chi connectivity index (χ4n) is 4.11. The maximum Gasteiger partial charge on any atom is 0.411 e. The highest BCUT2D eigenvalue weighted by molar-refractivity contribution is 7.10. The van der Waals surface area contributed by atoms with Gasteiger partial charge in [0, 0.05) is 29.3 Å². The highest BCUT2D eigenvalue weighted by atomic mass is 32.1. The third kappa shape index (κ3) is 4.02. The molecule has 1 aromatic carbocycles. The van der Waals surface area contributed by atoms with E-state index in [-0.39, 0.29) is 12.2 Å². The second kappa shape index (κ2) is 8.65. The molecule has 1 aromatic heterocycles. The number of anilines is 1. The zero-order valence-corrected chi connectivity index (χ0v) is 17.8. The molecule has 1 saturated carbocycles. The number of hydrogen-bond acceptors (Lipinski definition) is 5. The van der Waals surface area contributed by atoms with Gasteiger partial charge in [-0.2, -0.15) is 0 Å². The predicted octanol–water partition coefficient (Wildman–Crippen LogP) is 5.52. The van der Waals surface area contributed by atoms with E-state index >= 15 is 0 Å². The summed E-state index contributed by atoms with van der Waals surface area (Å²) in [5.74, 6) is 0.00605. The van der Waals surface area contributed by atoms with E-state index in [9.17, 15) is 14.3 Å². The van der Waals surface area contributed by atoms with Crippen LogP contribution in [-0.2, 0) is 11.3 Å². The first-order chi connectivity index (χ1) is 14.5. The average molecular weight is 433 g/mol. The van der Waals surface area contributed by atoms with Gasteiger partial charge in [0.25, 0.3) is 0 Å². The number of carbonyl (C=O) groups is 1. The van der Waals surface area contributed by atoms with E-state index in [1.54, 1.807) is 20.1 Å². The third-order valence-corrected chi connectivity index (χ3v) is 6.65. The van der Waals surface area contributed by atoms with Crippen molar-refractivity contribution >= 4 is 28.8 Å².